The van der Waals surface area contributed by atoms with Gasteiger partial charge >= 0.3 is 6.03 Å². The molecule has 1 saturated carbocycles. The SMILES string of the molecule is COC1[C@@H]2CC[C@H]1CN(C(=O)NCCSc1ccc(C)cc1)C2. The van der Waals surface area contributed by atoms with Gasteiger partial charge in [0, 0.05) is 49.2 Å². The number of benzene rings is 1. The van der Waals surface area contributed by atoms with E-state index >= 15 is 0 Å². The van der Waals surface area contributed by atoms with Gasteiger partial charge in [0.25, 0.3) is 0 Å². The maximum absolute atomic E-state index is 12.3. The van der Waals surface area contributed by atoms with Crippen molar-refractivity contribution in [1.82, 2.24) is 10.2 Å². The normalized spacial score (nSPS) is 26.3. The number of ether oxygens (including phenoxy) is 1. The molecule has 1 N–H and O–H groups in total. The number of hydrogen-bond donors (Lipinski definition) is 1. The third-order valence-corrected chi connectivity index (χ3v) is 5.99. The van der Waals surface area contributed by atoms with E-state index in [1.54, 1.807) is 18.9 Å². The van der Waals surface area contributed by atoms with Gasteiger partial charge in [-0.3, -0.25) is 0 Å². The maximum Gasteiger partial charge on any atom is 0.317 e. The van der Waals surface area contributed by atoms with Gasteiger partial charge in [-0.05, 0) is 31.9 Å². The number of thioether (sulfide) groups is 1. The second kappa shape index (κ2) is 7.58. The van der Waals surface area contributed by atoms with E-state index in [1.165, 1.54) is 23.3 Å². The molecule has 0 spiro atoms. The van der Waals surface area contributed by atoms with Gasteiger partial charge in [-0.25, -0.2) is 4.79 Å². The van der Waals surface area contributed by atoms with Crippen LogP contribution in [0.2, 0.25) is 0 Å². The molecule has 3 rings (SSSR count). The molecule has 126 valence electrons. The summed E-state index contributed by atoms with van der Waals surface area (Å²) in [7, 11) is 1.80. The smallest absolute Gasteiger partial charge is 0.317 e. The summed E-state index contributed by atoms with van der Waals surface area (Å²) in [6, 6.07) is 8.60. The van der Waals surface area contributed by atoms with Gasteiger partial charge in [0.1, 0.15) is 0 Å². The van der Waals surface area contributed by atoms with Crippen molar-refractivity contribution in [2.75, 3.05) is 32.5 Å². The Morgan fingerprint density at radius 2 is 1.91 bits per heavy atom. The average Bonchev–Trinajstić information content (AvgIpc) is 2.81. The highest BCUT2D eigenvalue weighted by atomic mass is 32.2. The van der Waals surface area contributed by atoms with Crippen molar-refractivity contribution < 1.29 is 9.53 Å². The van der Waals surface area contributed by atoms with E-state index in [9.17, 15) is 4.79 Å². The number of hydrogen-bond acceptors (Lipinski definition) is 3. The van der Waals surface area contributed by atoms with Crippen molar-refractivity contribution in [3.8, 4) is 0 Å². The van der Waals surface area contributed by atoms with Crippen LogP contribution in [0.1, 0.15) is 18.4 Å². The molecule has 5 heteroatoms. The quantitative estimate of drug-likeness (QED) is 0.664. The summed E-state index contributed by atoms with van der Waals surface area (Å²) in [6.45, 7) is 4.48. The molecule has 23 heavy (non-hydrogen) atoms. The van der Waals surface area contributed by atoms with Crippen LogP contribution in [0.25, 0.3) is 0 Å². The van der Waals surface area contributed by atoms with Crippen LogP contribution in [0.5, 0.6) is 0 Å². The zero-order valence-electron chi connectivity index (χ0n) is 14.0. The van der Waals surface area contributed by atoms with Gasteiger partial charge in [-0.2, -0.15) is 0 Å². The lowest BCUT2D eigenvalue weighted by atomic mass is 9.95. The molecular weight excluding hydrogens is 308 g/mol. The molecular formula is C18H26N2O2S. The first-order valence-electron chi connectivity index (χ1n) is 8.42. The van der Waals surface area contributed by atoms with Gasteiger partial charge in [0.05, 0.1) is 6.10 Å². The first-order valence-corrected chi connectivity index (χ1v) is 9.41. The van der Waals surface area contributed by atoms with E-state index in [0.717, 1.165) is 18.8 Å². The van der Waals surface area contributed by atoms with Crippen molar-refractivity contribution in [3.63, 3.8) is 0 Å². The third kappa shape index (κ3) is 4.01. The standard InChI is InChI=1S/C18H26N2O2S/c1-13-3-7-16(8-4-13)23-10-9-19-18(21)20-11-14-5-6-15(12-20)17(14)22-2/h3-4,7-8,14-15,17H,5-6,9-12H2,1-2H3,(H,19,21)/t14-,15+,17?. The summed E-state index contributed by atoms with van der Waals surface area (Å²) in [4.78, 5) is 15.6. The molecule has 2 bridgehead atoms. The van der Waals surface area contributed by atoms with Crippen LogP contribution in [0.3, 0.4) is 0 Å². The molecule has 0 radical (unpaired) electrons. The predicted octanol–water partition coefficient (Wildman–Crippen LogP) is 3.15. The number of carbonyl (C=O) groups excluding carboxylic acids is 1. The third-order valence-electron chi connectivity index (χ3n) is 4.97. The zero-order valence-corrected chi connectivity index (χ0v) is 14.8. The minimum atomic E-state index is 0.0842. The van der Waals surface area contributed by atoms with Crippen LogP contribution in [0, 0.1) is 18.8 Å². The van der Waals surface area contributed by atoms with E-state index in [-0.39, 0.29) is 6.03 Å². The lowest BCUT2D eigenvalue weighted by molar-refractivity contribution is -0.00499. The number of piperidine rings is 1. The molecule has 1 heterocycles. The molecule has 2 fully saturated rings. The Morgan fingerprint density at radius 1 is 1.26 bits per heavy atom. The number of amides is 2. The molecule has 2 aliphatic rings. The van der Waals surface area contributed by atoms with Crippen LogP contribution < -0.4 is 5.32 Å². The minimum absolute atomic E-state index is 0.0842. The second-order valence-corrected chi connectivity index (χ2v) is 7.76. The number of nitrogens with zero attached hydrogens (tertiary/aromatic N) is 1. The highest BCUT2D eigenvalue weighted by molar-refractivity contribution is 7.99. The maximum atomic E-state index is 12.3. The number of nitrogens with one attached hydrogen (secondary N) is 1. The van der Waals surface area contributed by atoms with Gasteiger partial charge in [0.15, 0.2) is 0 Å². The fourth-order valence-corrected chi connectivity index (χ4v) is 4.56. The Labute approximate surface area is 143 Å². The summed E-state index contributed by atoms with van der Waals surface area (Å²) in [6.07, 6.45) is 2.74. The number of rotatable bonds is 5. The Kier molecular flexibility index (Phi) is 5.49. The number of urea groups is 1. The van der Waals surface area contributed by atoms with Crippen LogP contribution in [0.4, 0.5) is 4.79 Å². The van der Waals surface area contributed by atoms with E-state index in [4.69, 9.17) is 4.74 Å². The summed E-state index contributed by atoms with van der Waals surface area (Å²) < 4.78 is 5.60. The number of aryl methyl sites for hydroxylation is 1. The Hall–Kier alpha value is -1.20. The first-order chi connectivity index (χ1) is 11.2. The lowest BCUT2D eigenvalue weighted by Crippen LogP contribution is -2.51. The number of fused-ring (bicyclic) bond motifs is 2. The van der Waals surface area contributed by atoms with Gasteiger partial charge in [-0.15, -0.1) is 11.8 Å². The van der Waals surface area contributed by atoms with Crippen LogP contribution >= 0.6 is 11.8 Å². The fourth-order valence-electron chi connectivity index (χ4n) is 3.80. The van der Waals surface area contributed by atoms with E-state index in [1.807, 2.05) is 4.90 Å². The topological polar surface area (TPSA) is 41.6 Å². The summed E-state index contributed by atoms with van der Waals surface area (Å²) in [5.41, 5.74) is 1.27. The van der Waals surface area contributed by atoms with E-state index in [0.29, 0.717) is 24.5 Å². The molecule has 2 amide bonds. The molecule has 1 aliphatic heterocycles. The molecule has 1 saturated heterocycles. The number of likely N-dealkylation sites (tertiary alicyclic amines) is 1. The Bertz CT molecular complexity index is 520. The molecule has 1 aromatic carbocycles. The summed E-state index contributed by atoms with van der Waals surface area (Å²) >= 11 is 1.78. The van der Waals surface area contributed by atoms with Gasteiger partial charge in [-0.1, -0.05) is 17.7 Å². The van der Waals surface area contributed by atoms with E-state index in [2.05, 4.69) is 36.5 Å². The van der Waals surface area contributed by atoms with Crippen molar-refractivity contribution in [3.05, 3.63) is 29.8 Å². The fraction of sp³-hybridized carbons (Fsp3) is 0.611. The highest BCUT2D eigenvalue weighted by Crippen LogP contribution is 2.38. The van der Waals surface area contributed by atoms with Crippen molar-refractivity contribution >= 4 is 17.8 Å². The monoisotopic (exact) mass is 334 g/mol. The van der Waals surface area contributed by atoms with E-state index < -0.39 is 0 Å². The average molecular weight is 334 g/mol. The molecule has 1 aromatic rings. The molecule has 3 atom stereocenters. The molecule has 1 aliphatic carbocycles. The Morgan fingerprint density at radius 3 is 2.52 bits per heavy atom. The van der Waals surface area contributed by atoms with Crippen LogP contribution in [-0.2, 0) is 4.74 Å². The zero-order chi connectivity index (χ0) is 16.2. The Balaban J connectivity index is 1.39. The van der Waals surface area contributed by atoms with Gasteiger partial charge in [0.2, 0.25) is 0 Å². The largest absolute Gasteiger partial charge is 0.381 e. The lowest BCUT2D eigenvalue weighted by Gasteiger charge is -2.37. The second-order valence-electron chi connectivity index (χ2n) is 6.60. The summed E-state index contributed by atoms with van der Waals surface area (Å²) in [5, 5.41) is 3.06. The first kappa shape index (κ1) is 16.7. The van der Waals surface area contributed by atoms with Crippen molar-refractivity contribution in [2.24, 2.45) is 11.8 Å². The van der Waals surface area contributed by atoms with Crippen LogP contribution in [0.15, 0.2) is 29.2 Å². The molecule has 0 aromatic heterocycles. The van der Waals surface area contributed by atoms with Gasteiger partial charge < -0.3 is 15.0 Å². The molecule has 4 nitrogen and oxygen atoms in total. The molecule has 1 unspecified atom stereocenters. The van der Waals surface area contributed by atoms with Crippen molar-refractivity contribution in [2.45, 2.75) is 30.8 Å². The minimum Gasteiger partial charge on any atom is -0.381 e. The number of methoxy groups -OCH3 is 1. The highest BCUT2D eigenvalue weighted by Gasteiger charge is 2.43. The van der Waals surface area contributed by atoms with Crippen LogP contribution in [-0.4, -0.2) is 49.5 Å². The summed E-state index contributed by atoms with van der Waals surface area (Å²) in [5.74, 6) is 1.94. The number of carbonyl (C=O) groups is 1. The predicted molar refractivity (Wildman–Crippen MR) is 93.9 cm³/mol. The van der Waals surface area contributed by atoms with Crippen molar-refractivity contribution in [1.29, 1.82) is 0 Å².